The van der Waals surface area contributed by atoms with E-state index in [1.54, 1.807) is 0 Å². The lowest BCUT2D eigenvalue weighted by Gasteiger charge is -2.09. The van der Waals surface area contributed by atoms with Gasteiger partial charge in [-0.25, -0.2) is 27.5 Å². The molecule has 6 nitrogen and oxygen atoms in total. The fourth-order valence-electron chi connectivity index (χ4n) is 2.46. The van der Waals surface area contributed by atoms with E-state index in [1.165, 1.54) is 22.7 Å². The summed E-state index contributed by atoms with van der Waals surface area (Å²) in [5.74, 6) is 0.117. The molecule has 4 rings (SSSR count). The summed E-state index contributed by atoms with van der Waals surface area (Å²) in [6.07, 6.45) is -3.35. The summed E-state index contributed by atoms with van der Waals surface area (Å²) >= 11 is 0. The summed E-state index contributed by atoms with van der Waals surface area (Å²) in [6.45, 7) is 0. The Morgan fingerprint density at radius 3 is 2.54 bits per heavy atom. The maximum atomic E-state index is 13.2. The van der Waals surface area contributed by atoms with Crippen LogP contribution in [0, 0.1) is 0 Å². The molecule has 4 aromatic heterocycles. The van der Waals surface area contributed by atoms with Crippen LogP contribution in [0.4, 0.5) is 17.6 Å². The van der Waals surface area contributed by atoms with Crippen LogP contribution in [0.15, 0.2) is 35.2 Å². The van der Waals surface area contributed by atoms with E-state index in [-0.39, 0.29) is 22.6 Å². The van der Waals surface area contributed by atoms with E-state index in [9.17, 15) is 17.6 Å². The zero-order valence-corrected chi connectivity index (χ0v) is 11.7. The molecular weight excluding hydrogens is 330 g/mol. The number of halogens is 4. The van der Waals surface area contributed by atoms with Gasteiger partial charge in [0.15, 0.2) is 0 Å². The van der Waals surface area contributed by atoms with Gasteiger partial charge in [-0.3, -0.25) is 4.40 Å². The first-order valence-corrected chi connectivity index (χ1v) is 6.70. The summed E-state index contributed by atoms with van der Waals surface area (Å²) in [6, 6.07) is 3.58. The van der Waals surface area contributed by atoms with E-state index in [0.29, 0.717) is 5.65 Å². The summed E-state index contributed by atoms with van der Waals surface area (Å²) in [5, 5.41) is 7.29. The van der Waals surface area contributed by atoms with Crippen LogP contribution in [-0.4, -0.2) is 24.6 Å². The van der Waals surface area contributed by atoms with Crippen molar-refractivity contribution >= 4 is 16.7 Å². The second-order valence-corrected chi connectivity index (χ2v) is 4.91. The predicted molar refractivity (Wildman–Crippen MR) is 73.7 cm³/mol. The lowest BCUT2D eigenvalue weighted by Crippen LogP contribution is -2.00. The molecule has 0 amide bonds. The van der Waals surface area contributed by atoms with E-state index in [2.05, 4.69) is 20.2 Å². The minimum atomic E-state index is -2.97. The fraction of sp³-hybridized carbons (Fsp3) is 0.143. The molecule has 0 atom stereocenters. The normalized spacial score (nSPS) is 12.1. The lowest BCUT2D eigenvalue weighted by molar-refractivity contribution is 0.141. The van der Waals surface area contributed by atoms with Gasteiger partial charge in [0.05, 0.1) is 0 Å². The number of nitrogens with zero attached hydrogens (tertiary/aromatic N) is 5. The second-order valence-electron chi connectivity index (χ2n) is 4.91. The highest BCUT2D eigenvalue weighted by molar-refractivity contribution is 5.83. The Kier molecular flexibility index (Phi) is 3.18. The average Bonchev–Trinajstić information content (AvgIpc) is 3.22. The number of pyridine rings is 2. The first kappa shape index (κ1) is 14.5. The van der Waals surface area contributed by atoms with Crippen molar-refractivity contribution in [2.24, 2.45) is 0 Å². The molecule has 4 heterocycles. The van der Waals surface area contributed by atoms with Gasteiger partial charge in [-0.1, -0.05) is 0 Å². The smallest absolute Gasteiger partial charge is 0.280 e. The van der Waals surface area contributed by atoms with Crippen LogP contribution in [0.25, 0.3) is 28.3 Å². The molecule has 10 heteroatoms. The molecule has 0 fully saturated rings. The number of hydrogen-bond donors (Lipinski definition) is 0. The minimum Gasteiger partial charge on any atom is -0.422 e. The lowest BCUT2D eigenvalue weighted by atomic mass is 10.1. The SMILES string of the molecule is FC(F)c1cc(C(F)F)c2ccc3nc(-c4nnco4)cn3c2n1. The van der Waals surface area contributed by atoms with Crippen LogP contribution < -0.4 is 0 Å². The number of alkyl halides is 4. The molecule has 24 heavy (non-hydrogen) atoms. The number of imidazole rings is 1. The van der Waals surface area contributed by atoms with Gasteiger partial charge in [-0.05, 0) is 18.2 Å². The number of hydrogen-bond acceptors (Lipinski definition) is 5. The van der Waals surface area contributed by atoms with E-state index < -0.39 is 24.1 Å². The Hall–Kier alpha value is -3.04. The van der Waals surface area contributed by atoms with E-state index in [1.807, 2.05) is 0 Å². The highest BCUT2D eigenvalue weighted by Gasteiger charge is 2.21. The van der Waals surface area contributed by atoms with Crippen LogP contribution in [0.2, 0.25) is 0 Å². The molecule has 0 saturated heterocycles. The third-order valence-corrected chi connectivity index (χ3v) is 3.49. The van der Waals surface area contributed by atoms with E-state index in [0.717, 1.165) is 12.5 Å². The summed E-state index contributed by atoms with van der Waals surface area (Å²) in [5.41, 5.74) is -0.667. The van der Waals surface area contributed by atoms with Gasteiger partial charge in [-0.2, -0.15) is 0 Å². The number of fused-ring (bicyclic) bond motifs is 3. The van der Waals surface area contributed by atoms with E-state index in [4.69, 9.17) is 4.42 Å². The molecule has 0 radical (unpaired) electrons. The highest BCUT2D eigenvalue weighted by atomic mass is 19.3. The maximum Gasteiger partial charge on any atom is 0.280 e. The van der Waals surface area contributed by atoms with Crippen molar-refractivity contribution in [1.82, 2.24) is 24.6 Å². The molecule has 0 bridgehead atoms. The molecule has 0 aliphatic rings. The number of aromatic nitrogens is 5. The van der Waals surface area contributed by atoms with Crippen LogP contribution in [0.1, 0.15) is 24.1 Å². The zero-order valence-electron chi connectivity index (χ0n) is 11.7. The molecule has 0 aliphatic carbocycles. The Morgan fingerprint density at radius 2 is 1.88 bits per heavy atom. The van der Waals surface area contributed by atoms with Crippen molar-refractivity contribution in [2.45, 2.75) is 12.9 Å². The highest BCUT2D eigenvalue weighted by Crippen LogP contribution is 2.31. The quantitative estimate of drug-likeness (QED) is 0.532. The third-order valence-electron chi connectivity index (χ3n) is 3.49. The third kappa shape index (κ3) is 2.18. The summed E-state index contributed by atoms with van der Waals surface area (Å²) in [4.78, 5) is 8.02. The largest absolute Gasteiger partial charge is 0.422 e. The van der Waals surface area contributed by atoms with Crippen molar-refractivity contribution in [3.63, 3.8) is 0 Å². The Bertz CT molecular complexity index is 1030. The van der Waals surface area contributed by atoms with Crippen molar-refractivity contribution in [2.75, 3.05) is 0 Å². The summed E-state index contributed by atoms with van der Waals surface area (Å²) < 4.78 is 58.8. The van der Waals surface area contributed by atoms with Gasteiger partial charge in [0.2, 0.25) is 6.39 Å². The van der Waals surface area contributed by atoms with Crippen molar-refractivity contribution in [1.29, 1.82) is 0 Å². The van der Waals surface area contributed by atoms with Crippen molar-refractivity contribution < 1.29 is 22.0 Å². The van der Waals surface area contributed by atoms with Crippen molar-refractivity contribution in [3.05, 3.63) is 42.0 Å². The predicted octanol–water partition coefficient (Wildman–Crippen LogP) is 3.81. The molecule has 0 aromatic carbocycles. The van der Waals surface area contributed by atoms with Gasteiger partial charge in [0.1, 0.15) is 22.7 Å². The topological polar surface area (TPSA) is 69.1 Å². The van der Waals surface area contributed by atoms with Gasteiger partial charge < -0.3 is 4.42 Å². The summed E-state index contributed by atoms with van der Waals surface area (Å²) in [7, 11) is 0. The Balaban J connectivity index is 2.05. The molecule has 4 aromatic rings. The molecule has 0 saturated carbocycles. The molecule has 0 spiro atoms. The second kappa shape index (κ2) is 5.25. The standard InChI is InChI=1S/C14H7F4N5O/c15-11(16)7-3-8(12(17)18)21-13-6(7)1-2-10-20-9(4-23(10)13)14-22-19-5-24-14/h1-5,11-12H. The molecular formula is C14H7F4N5O. The van der Waals surface area contributed by atoms with E-state index >= 15 is 0 Å². The molecule has 0 aliphatic heterocycles. The van der Waals surface area contributed by atoms with Gasteiger partial charge in [0.25, 0.3) is 18.7 Å². The number of rotatable bonds is 3. The average molecular weight is 337 g/mol. The maximum absolute atomic E-state index is 13.2. The molecule has 0 N–H and O–H groups in total. The Morgan fingerprint density at radius 1 is 1.04 bits per heavy atom. The van der Waals surface area contributed by atoms with Gasteiger partial charge >= 0.3 is 0 Å². The molecule has 0 unspecified atom stereocenters. The van der Waals surface area contributed by atoms with Crippen molar-refractivity contribution in [3.8, 4) is 11.6 Å². The zero-order chi connectivity index (χ0) is 16.8. The van der Waals surface area contributed by atoms with Crippen LogP contribution >= 0.6 is 0 Å². The minimum absolute atomic E-state index is 0.0427. The van der Waals surface area contributed by atoms with Gasteiger partial charge in [0, 0.05) is 17.1 Å². The molecule has 122 valence electrons. The first-order chi connectivity index (χ1) is 11.5. The fourth-order valence-corrected chi connectivity index (χ4v) is 2.46. The monoisotopic (exact) mass is 337 g/mol. The van der Waals surface area contributed by atoms with Crippen LogP contribution in [0.5, 0.6) is 0 Å². The van der Waals surface area contributed by atoms with Crippen LogP contribution in [-0.2, 0) is 0 Å². The first-order valence-electron chi connectivity index (χ1n) is 6.70. The Labute approximate surface area is 130 Å². The van der Waals surface area contributed by atoms with Gasteiger partial charge in [-0.15, -0.1) is 10.2 Å². The van der Waals surface area contributed by atoms with Crippen LogP contribution in [0.3, 0.4) is 0 Å².